The smallest absolute Gasteiger partial charge is 0.274 e. The standard InChI is InChI=1S/C35H44N4O3/c1-9-19-20(10-2)28(18-30-22(12-4)25(15-7)34(41)38-30)36-27(19)17-29-21(11-3)23(13-5)31(37-29)32-33(40)24(14-6)26(16-8)35(42)39-32/h17-18,36-37H,9-16H2,1-8H3/b27-17?,28-18-. The minimum atomic E-state index is -0.311. The SMILES string of the molecule is CCC1=C(CC)C(=O)C(c2[nH]c(C=c3[nH]/c(=C\C4=NC(=O)C(CC)=C4CC)c(CC)c3CC)c(CC)c2CC)=NC1=O. The summed E-state index contributed by atoms with van der Waals surface area (Å²) in [4.78, 5) is 54.9. The summed E-state index contributed by atoms with van der Waals surface area (Å²) in [7, 11) is 0. The van der Waals surface area contributed by atoms with Gasteiger partial charge in [-0.25, -0.2) is 9.98 Å². The van der Waals surface area contributed by atoms with Crippen LogP contribution in [-0.2, 0) is 40.1 Å². The summed E-state index contributed by atoms with van der Waals surface area (Å²) < 4.78 is 0. The second-order valence-corrected chi connectivity index (χ2v) is 10.7. The van der Waals surface area contributed by atoms with Gasteiger partial charge >= 0.3 is 0 Å². The zero-order valence-electron chi connectivity index (χ0n) is 26.4. The molecule has 2 aromatic heterocycles. The Bertz CT molecular complexity index is 1700. The molecule has 0 fully saturated rings. The number of carbonyl (C=O) groups excluding carboxylic acids is 3. The number of rotatable bonds is 11. The van der Waals surface area contributed by atoms with Crippen molar-refractivity contribution in [3.05, 3.63) is 66.6 Å². The van der Waals surface area contributed by atoms with E-state index in [-0.39, 0.29) is 23.3 Å². The van der Waals surface area contributed by atoms with Gasteiger partial charge in [0.15, 0.2) is 0 Å². The van der Waals surface area contributed by atoms with Crippen molar-refractivity contribution in [1.29, 1.82) is 0 Å². The van der Waals surface area contributed by atoms with Gasteiger partial charge in [-0.3, -0.25) is 14.4 Å². The Morgan fingerprint density at radius 1 is 0.524 bits per heavy atom. The fourth-order valence-corrected chi connectivity index (χ4v) is 6.62. The van der Waals surface area contributed by atoms with Gasteiger partial charge in [0.05, 0.1) is 11.4 Å². The molecule has 2 amide bonds. The van der Waals surface area contributed by atoms with Crippen LogP contribution in [0.5, 0.6) is 0 Å². The van der Waals surface area contributed by atoms with E-state index < -0.39 is 0 Å². The summed E-state index contributed by atoms with van der Waals surface area (Å²) in [6.07, 6.45) is 9.73. The summed E-state index contributed by atoms with van der Waals surface area (Å²) in [6, 6.07) is 0. The van der Waals surface area contributed by atoms with Crippen LogP contribution >= 0.6 is 0 Å². The number of carbonyl (C=O) groups is 3. The van der Waals surface area contributed by atoms with Gasteiger partial charge in [-0.15, -0.1) is 0 Å². The molecule has 2 aromatic rings. The molecule has 0 spiro atoms. The maximum absolute atomic E-state index is 13.6. The lowest BCUT2D eigenvalue weighted by molar-refractivity contribution is -0.116. The lowest BCUT2D eigenvalue weighted by Crippen LogP contribution is -2.27. The van der Waals surface area contributed by atoms with Crippen molar-refractivity contribution in [3.8, 4) is 0 Å². The number of aromatic amines is 2. The van der Waals surface area contributed by atoms with Crippen molar-refractivity contribution >= 4 is 41.2 Å². The summed E-state index contributed by atoms with van der Waals surface area (Å²) in [5.74, 6) is -0.594. The quantitative estimate of drug-likeness (QED) is 0.383. The van der Waals surface area contributed by atoms with E-state index in [0.29, 0.717) is 42.5 Å². The number of aliphatic imine (C=N–C) groups is 2. The monoisotopic (exact) mass is 568 g/mol. The molecule has 7 nitrogen and oxygen atoms in total. The lowest BCUT2D eigenvalue weighted by atomic mass is 9.90. The van der Waals surface area contributed by atoms with Crippen LogP contribution in [0.25, 0.3) is 12.2 Å². The maximum atomic E-state index is 13.6. The lowest BCUT2D eigenvalue weighted by Gasteiger charge is -2.16. The van der Waals surface area contributed by atoms with E-state index in [0.717, 1.165) is 70.1 Å². The Morgan fingerprint density at radius 3 is 1.55 bits per heavy atom. The van der Waals surface area contributed by atoms with Crippen LogP contribution in [-0.4, -0.2) is 39.0 Å². The van der Waals surface area contributed by atoms with Crippen LogP contribution in [0, 0.1) is 0 Å². The first kappa shape index (κ1) is 31.1. The third-order valence-electron chi connectivity index (χ3n) is 8.65. The molecule has 0 unspecified atom stereocenters. The van der Waals surface area contributed by atoms with Gasteiger partial charge in [-0.1, -0.05) is 55.4 Å². The molecule has 0 radical (unpaired) electrons. The number of dihydropyridines is 1. The van der Waals surface area contributed by atoms with Gasteiger partial charge in [0.25, 0.3) is 11.8 Å². The Morgan fingerprint density at radius 2 is 1.02 bits per heavy atom. The number of allylic oxidation sites excluding steroid dienone is 2. The Hall–Kier alpha value is -3.87. The average molecular weight is 569 g/mol. The van der Waals surface area contributed by atoms with Gasteiger partial charge in [-0.2, -0.15) is 0 Å². The molecular weight excluding hydrogens is 524 g/mol. The molecule has 0 atom stereocenters. The summed E-state index contributed by atoms with van der Waals surface area (Å²) >= 11 is 0. The van der Waals surface area contributed by atoms with E-state index in [4.69, 9.17) is 0 Å². The van der Waals surface area contributed by atoms with Gasteiger partial charge in [0.1, 0.15) is 5.71 Å². The molecular formula is C35H44N4O3. The minimum absolute atomic E-state index is 0.128. The van der Waals surface area contributed by atoms with Crippen molar-refractivity contribution < 1.29 is 14.4 Å². The first-order valence-electron chi connectivity index (χ1n) is 15.6. The van der Waals surface area contributed by atoms with Crippen LogP contribution < -0.4 is 10.7 Å². The largest absolute Gasteiger partial charge is 0.355 e. The highest BCUT2D eigenvalue weighted by atomic mass is 16.2. The molecule has 7 heteroatoms. The number of nitrogens with one attached hydrogen (secondary N) is 2. The fraction of sp³-hybridized carbons (Fsp3) is 0.457. The summed E-state index contributed by atoms with van der Waals surface area (Å²) in [6.45, 7) is 16.3. The second-order valence-electron chi connectivity index (χ2n) is 10.7. The van der Waals surface area contributed by atoms with E-state index in [1.165, 1.54) is 11.1 Å². The number of nitrogens with zero attached hydrogens (tertiary/aromatic N) is 2. The van der Waals surface area contributed by atoms with E-state index in [2.05, 4.69) is 60.6 Å². The molecule has 0 aromatic carbocycles. The molecule has 0 bridgehead atoms. The molecule has 0 aliphatic carbocycles. The van der Waals surface area contributed by atoms with Crippen LogP contribution in [0.15, 0.2) is 32.3 Å². The normalized spacial score (nSPS) is 16.9. The van der Waals surface area contributed by atoms with Crippen molar-refractivity contribution in [3.63, 3.8) is 0 Å². The summed E-state index contributed by atoms with van der Waals surface area (Å²) in [5, 5.41) is 1.96. The molecule has 0 saturated heterocycles. The van der Waals surface area contributed by atoms with Gasteiger partial charge in [-0.05, 0) is 91.3 Å². The predicted molar refractivity (Wildman–Crippen MR) is 171 cm³/mol. The number of amides is 2. The molecule has 42 heavy (non-hydrogen) atoms. The minimum Gasteiger partial charge on any atom is -0.355 e. The van der Waals surface area contributed by atoms with Crippen molar-refractivity contribution in [2.24, 2.45) is 9.98 Å². The number of H-pyrrole nitrogens is 2. The first-order valence-corrected chi connectivity index (χ1v) is 15.6. The predicted octanol–water partition coefficient (Wildman–Crippen LogP) is 5.31. The van der Waals surface area contributed by atoms with Gasteiger partial charge < -0.3 is 9.97 Å². The van der Waals surface area contributed by atoms with Crippen molar-refractivity contribution in [2.45, 2.75) is 107 Å². The fourth-order valence-electron chi connectivity index (χ4n) is 6.62. The van der Waals surface area contributed by atoms with E-state index >= 15 is 0 Å². The van der Waals surface area contributed by atoms with Crippen LogP contribution in [0.2, 0.25) is 0 Å². The zero-order chi connectivity index (χ0) is 30.7. The topological polar surface area (TPSA) is 108 Å². The Balaban J connectivity index is 1.92. The van der Waals surface area contributed by atoms with Crippen molar-refractivity contribution in [1.82, 2.24) is 9.97 Å². The second kappa shape index (κ2) is 13.0. The first-order chi connectivity index (χ1) is 20.2. The Labute approximate surface area is 248 Å². The zero-order valence-corrected chi connectivity index (χ0v) is 26.4. The van der Waals surface area contributed by atoms with Gasteiger partial charge in [0, 0.05) is 33.1 Å². The molecule has 4 rings (SSSR count). The average Bonchev–Trinajstić information content (AvgIpc) is 3.62. The highest BCUT2D eigenvalue weighted by molar-refractivity contribution is 6.54. The molecule has 2 aliphatic heterocycles. The van der Waals surface area contributed by atoms with Crippen LogP contribution in [0.1, 0.15) is 115 Å². The van der Waals surface area contributed by atoms with Crippen LogP contribution in [0.4, 0.5) is 0 Å². The summed E-state index contributed by atoms with van der Waals surface area (Å²) in [5.41, 5.74) is 10.0. The molecule has 0 saturated carbocycles. The van der Waals surface area contributed by atoms with Gasteiger partial charge in [0.2, 0.25) is 5.78 Å². The number of Topliss-reactive ketones (excluding diaryl/α,β-unsaturated/α-hetero) is 1. The number of ketones is 1. The number of aromatic nitrogens is 2. The Kier molecular flexibility index (Phi) is 9.60. The van der Waals surface area contributed by atoms with E-state index in [1.54, 1.807) is 0 Å². The number of hydrogen-bond acceptors (Lipinski definition) is 3. The van der Waals surface area contributed by atoms with Crippen molar-refractivity contribution in [2.75, 3.05) is 0 Å². The molecule has 4 heterocycles. The van der Waals surface area contributed by atoms with E-state index in [1.807, 2.05) is 26.8 Å². The third-order valence-corrected chi connectivity index (χ3v) is 8.65. The van der Waals surface area contributed by atoms with E-state index in [9.17, 15) is 14.4 Å². The molecule has 2 N–H and O–H groups in total. The highest BCUT2D eigenvalue weighted by Crippen LogP contribution is 2.28. The maximum Gasteiger partial charge on any atom is 0.274 e. The highest BCUT2D eigenvalue weighted by Gasteiger charge is 2.32. The molecule has 222 valence electrons. The van der Waals surface area contributed by atoms with Crippen LogP contribution in [0.3, 0.4) is 0 Å². The molecule has 2 aliphatic rings. The number of hydrogen-bond donors (Lipinski definition) is 2. The third kappa shape index (κ3) is 5.25.